The third kappa shape index (κ3) is 6.89. The Morgan fingerprint density at radius 3 is 2.20 bits per heavy atom. The molecule has 0 radical (unpaired) electrons. The van der Waals surface area contributed by atoms with Gasteiger partial charge in [0.05, 0.1) is 0 Å². The number of esters is 2. The van der Waals surface area contributed by atoms with E-state index in [2.05, 4.69) is 0 Å². The van der Waals surface area contributed by atoms with Crippen molar-refractivity contribution in [3.8, 4) is 40.1 Å². The standard InChI is InChI=1S/C32H28O14/c1-15(33)42-14-23-26(39)28(41)31(45-24(38)11-4-16-2-7-18(34)8-3-16)32(44-23)46-30-27(40)25-21(37)12-20(36)13-22(25)43-29(30)17-5-9-19(35)10-6-17/h2-13,23,26,28,31-32,34-37,39,41H,14H2,1H3/b11-4+/t23-,26+,28-,31+,32-/m0/s1. The van der Waals surface area contributed by atoms with E-state index in [0.717, 1.165) is 25.1 Å². The number of hydrogen-bond donors (Lipinski definition) is 6. The van der Waals surface area contributed by atoms with Crippen LogP contribution in [-0.4, -0.2) is 79.9 Å². The van der Waals surface area contributed by atoms with Crippen LogP contribution in [0.4, 0.5) is 0 Å². The van der Waals surface area contributed by atoms with E-state index in [0.29, 0.717) is 5.56 Å². The van der Waals surface area contributed by atoms with E-state index in [1.54, 1.807) is 0 Å². The maximum atomic E-state index is 13.8. The molecule has 0 spiro atoms. The van der Waals surface area contributed by atoms with E-state index in [9.17, 15) is 45.0 Å². The van der Waals surface area contributed by atoms with Gasteiger partial charge in [-0.3, -0.25) is 9.59 Å². The fourth-order valence-electron chi connectivity index (χ4n) is 4.68. The third-order valence-electron chi connectivity index (χ3n) is 6.93. The molecule has 240 valence electrons. The molecular formula is C32H28O14. The predicted molar refractivity (Wildman–Crippen MR) is 158 cm³/mol. The summed E-state index contributed by atoms with van der Waals surface area (Å²) < 4.78 is 27.9. The van der Waals surface area contributed by atoms with Crippen LogP contribution in [0.2, 0.25) is 0 Å². The molecule has 5 rings (SSSR count). The summed E-state index contributed by atoms with van der Waals surface area (Å²) in [5, 5.41) is 61.1. The quantitative estimate of drug-likeness (QED) is 0.121. The average molecular weight is 637 g/mol. The zero-order valence-electron chi connectivity index (χ0n) is 24.0. The summed E-state index contributed by atoms with van der Waals surface area (Å²) in [6, 6.07) is 13.2. The maximum absolute atomic E-state index is 13.8. The van der Waals surface area contributed by atoms with Gasteiger partial charge in [0, 0.05) is 30.7 Å². The molecule has 1 aliphatic heterocycles. The van der Waals surface area contributed by atoms with Crippen LogP contribution in [0.15, 0.2) is 76.0 Å². The lowest BCUT2D eigenvalue weighted by atomic mass is 9.99. The number of fused-ring (bicyclic) bond motifs is 1. The van der Waals surface area contributed by atoms with Crippen molar-refractivity contribution >= 4 is 29.0 Å². The van der Waals surface area contributed by atoms with Gasteiger partial charge in [0.2, 0.25) is 17.5 Å². The van der Waals surface area contributed by atoms with Gasteiger partial charge in [-0.25, -0.2) is 4.79 Å². The summed E-state index contributed by atoms with van der Waals surface area (Å²) in [5.41, 5.74) is -0.483. The second-order valence-corrected chi connectivity index (χ2v) is 10.2. The first kappa shape index (κ1) is 31.8. The summed E-state index contributed by atoms with van der Waals surface area (Å²) in [5.74, 6) is -3.77. The van der Waals surface area contributed by atoms with Crippen molar-refractivity contribution in [2.45, 2.75) is 37.6 Å². The molecule has 0 saturated carbocycles. The summed E-state index contributed by atoms with van der Waals surface area (Å²) in [6.07, 6.45) is -6.31. The lowest BCUT2D eigenvalue weighted by Crippen LogP contribution is -2.61. The van der Waals surface area contributed by atoms with Crippen molar-refractivity contribution in [1.29, 1.82) is 0 Å². The van der Waals surface area contributed by atoms with Crippen molar-refractivity contribution in [2.24, 2.45) is 0 Å². The van der Waals surface area contributed by atoms with Gasteiger partial charge in [0.15, 0.2) is 11.9 Å². The Morgan fingerprint density at radius 1 is 0.891 bits per heavy atom. The Morgan fingerprint density at radius 2 is 1.54 bits per heavy atom. The van der Waals surface area contributed by atoms with Gasteiger partial charge in [-0.05, 0) is 48.0 Å². The van der Waals surface area contributed by atoms with Crippen molar-refractivity contribution in [2.75, 3.05) is 6.61 Å². The summed E-state index contributed by atoms with van der Waals surface area (Å²) in [6.45, 7) is 0.561. The zero-order chi connectivity index (χ0) is 33.1. The molecule has 3 aromatic carbocycles. The topological polar surface area (TPSA) is 223 Å². The average Bonchev–Trinajstić information content (AvgIpc) is 3.00. The molecule has 46 heavy (non-hydrogen) atoms. The molecular weight excluding hydrogens is 608 g/mol. The number of hydrogen-bond acceptors (Lipinski definition) is 14. The fourth-order valence-corrected chi connectivity index (χ4v) is 4.68. The Kier molecular flexibility index (Phi) is 9.13. The third-order valence-corrected chi connectivity index (χ3v) is 6.93. The summed E-state index contributed by atoms with van der Waals surface area (Å²) in [7, 11) is 0. The summed E-state index contributed by atoms with van der Waals surface area (Å²) >= 11 is 0. The highest BCUT2D eigenvalue weighted by molar-refractivity contribution is 5.88. The molecule has 0 bridgehead atoms. The Hall–Kier alpha value is -5.57. The van der Waals surface area contributed by atoms with Crippen LogP contribution in [-0.2, 0) is 23.8 Å². The van der Waals surface area contributed by atoms with Crippen molar-refractivity contribution in [1.82, 2.24) is 0 Å². The van der Waals surface area contributed by atoms with E-state index in [1.165, 1.54) is 54.6 Å². The molecule has 0 aliphatic carbocycles. The van der Waals surface area contributed by atoms with E-state index in [1.807, 2.05) is 0 Å². The fraction of sp³-hybridized carbons (Fsp3) is 0.219. The molecule has 2 heterocycles. The molecule has 14 heteroatoms. The minimum absolute atomic E-state index is 0.00875. The highest BCUT2D eigenvalue weighted by Gasteiger charge is 2.49. The second kappa shape index (κ2) is 13.2. The van der Waals surface area contributed by atoms with Crippen molar-refractivity contribution in [3.05, 3.63) is 82.5 Å². The van der Waals surface area contributed by atoms with Crippen LogP contribution in [0.5, 0.6) is 28.7 Å². The number of ether oxygens (including phenoxy) is 4. The number of carbonyl (C=O) groups excluding carboxylic acids is 2. The lowest BCUT2D eigenvalue weighted by Gasteiger charge is -2.41. The van der Waals surface area contributed by atoms with Crippen LogP contribution in [0, 0.1) is 0 Å². The Labute approximate surface area is 259 Å². The van der Waals surface area contributed by atoms with E-state index < -0.39 is 77.3 Å². The zero-order valence-corrected chi connectivity index (χ0v) is 24.0. The minimum atomic E-state index is -1.89. The van der Waals surface area contributed by atoms with Gasteiger partial charge in [0.25, 0.3) is 0 Å². The molecule has 6 N–H and O–H groups in total. The van der Waals surface area contributed by atoms with Gasteiger partial charge in [0.1, 0.15) is 58.9 Å². The normalized spacial score (nSPS) is 21.2. The number of aliphatic hydroxyl groups excluding tert-OH is 2. The van der Waals surface area contributed by atoms with Crippen LogP contribution in [0.1, 0.15) is 12.5 Å². The van der Waals surface area contributed by atoms with Gasteiger partial charge in [-0.1, -0.05) is 12.1 Å². The van der Waals surface area contributed by atoms with E-state index in [-0.39, 0.29) is 28.4 Å². The molecule has 1 aliphatic rings. The second-order valence-electron chi connectivity index (χ2n) is 10.2. The minimum Gasteiger partial charge on any atom is -0.508 e. The van der Waals surface area contributed by atoms with E-state index in [4.69, 9.17) is 23.4 Å². The Bertz CT molecular complexity index is 1830. The van der Waals surface area contributed by atoms with Crippen LogP contribution < -0.4 is 10.2 Å². The molecule has 0 amide bonds. The first-order chi connectivity index (χ1) is 21.9. The molecule has 14 nitrogen and oxygen atoms in total. The predicted octanol–water partition coefficient (Wildman–Crippen LogP) is 2.30. The molecule has 0 unspecified atom stereocenters. The Balaban J connectivity index is 1.56. The van der Waals surface area contributed by atoms with Crippen LogP contribution in [0.25, 0.3) is 28.4 Å². The van der Waals surface area contributed by atoms with Gasteiger partial charge < -0.3 is 54.0 Å². The lowest BCUT2D eigenvalue weighted by molar-refractivity contribution is -0.282. The number of carbonyl (C=O) groups is 2. The van der Waals surface area contributed by atoms with Crippen LogP contribution >= 0.6 is 0 Å². The first-order valence-electron chi connectivity index (χ1n) is 13.7. The number of benzene rings is 3. The number of aliphatic hydroxyl groups is 2. The SMILES string of the molecule is CC(=O)OC[C@@H]1O[C@@H](Oc2c(-c3ccc(O)cc3)oc3cc(O)cc(O)c3c2=O)[C@H](OC(=O)/C=C/c2ccc(O)cc2)[C@@H](O)[C@@H]1O. The highest BCUT2D eigenvalue weighted by atomic mass is 16.7. The molecule has 1 fully saturated rings. The number of aromatic hydroxyl groups is 4. The van der Waals surface area contributed by atoms with Gasteiger partial charge >= 0.3 is 11.9 Å². The molecule has 1 saturated heterocycles. The highest BCUT2D eigenvalue weighted by Crippen LogP contribution is 2.38. The van der Waals surface area contributed by atoms with Gasteiger partial charge in [-0.15, -0.1) is 0 Å². The van der Waals surface area contributed by atoms with Crippen molar-refractivity contribution in [3.63, 3.8) is 0 Å². The largest absolute Gasteiger partial charge is 0.508 e. The smallest absolute Gasteiger partial charge is 0.331 e. The molecule has 4 aromatic rings. The monoisotopic (exact) mass is 636 g/mol. The summed E-state index contributed by atoms with van der Waals surface area (Å²) in [4.78, 5) is 38.1. The van der Waals surface area contributed by atoms with Crippen LogP contribution in [0.3, 0.4) is 0 Å². The molecule has 1 aromatic heterocycles. The maximum Gasteiger partial charge on any atom is 0.331 e. The number of phenolic OH excluding ortho intramolecular Hbond substituents is 4. The molecule has 5 atom stereocenters. The number of phenols is 4. The van der Waals surface area contributed by atoms with Crippen molar-refractivity contribution < 1.29 is 63.6 Å². The van der Waals surface area contributed by atoms with Gasteiger partial charge in [-0.2, -0.15) is 0 Å². The van der Waals surface area contributed by atoms with E-state index >= 15 is 0 Å². The number of rotatable bonds is 8. The first-order valence-corrected chi connectivity index (χ1v) is 13.7.